The second-order valence-electron chi connectivity index (χ2n) is 9.12. The first-order valence-electron chi connectivity index (χ1n) is 11.8. The zero-order valence-electron chi connectivity index (χ0n) is 20.1. The van der Waals surface area contributed by atoms with E-state index in [-0.39, 0.29) is 23.1 Å². The lowest BCUT2D eigenvalue weighted by Crippen LogP contribution is -2.45. The van der Waals surface area contributed by atoms with Crippen molar-refractivity contribution in [2.75, 3.05) is 17.2 Å². The number of urea groups is 1. The van der Waals surface area contributed by atoms with E-state index >= 15 is 0 Å². The van der Waals surface area contributed by atoms with Gasteiger partial charge in [-0.25, -0.2) is 14.0 Å². The molecular formula is C28H28FN3O4. The van der Waals surface area contributed by atoms with Crippen molar-refractivity contribution in [1.82, 2.24) is 4.90 Å². The van der Waals surface area contributed by atoms with Crippen LogP contribution in [0.3, 0.4) is 0 Å². The molecule has 0 bridgehead atoms. The van der Waals surface area contributed by atoms with Crippen molar-refractivity contribution in [3.8, 4) is 11.1 Å². The fraction of sp³-hybridized carbons (Fsp3) is 0.250. The standard InChI is InChI=1S/C28H28FN3O4/c1-17(2)18-5-10-22(11-6-18)31-28(36)32-15-3-4-25(32)26(33)30-21-12-7-19(8-13-21)23-14-9-20(27(34)35)16-24(23)29/h5-14,16-17,25H,3-4,15H2,1-2H3,(H,30,33)(H,31,36)(H,34,35)/t25-/m1/s1. The number of halogens is 1. The third kappa shape index (κ3) is 5.54. The van der Waals surface area contributed by atoms with E-state index in [0.717, 1.165) is 12.5 Å². The molecule has 3 amide bonds. The quantitative estimate of drug-likeness (QED) is 0.398. The first-order valence-corrected chi connectivity index (χ1v) is 11.8. The number of carboxylic acids is 1. The minimum atomic E-state index is -1.20. The lowest BCUT2D eigenvalue weighted by atomic mass is 10.0. The molecule has 0 aromatic heterocycles. The van der Waals surface area contributed by atoms with Crippen LogP contribution >= 0.6 is 0 Å². The first kappa shape index (κ1) is 24.9. The van der Waals surface area contributed by atoms with Gasteiger partial charge in [-0.1, -0.05) is 44.2 Å². The number of amides is 3. The predicted octanol–water partition coefficient (Wildman–Crippen LogP) is 5.95. The normalized spacial score (nSPS) is 15.1. The van der Waals surface area contributed by atoms with Crippen LogP contribution in [0.5, 0.6) is 0 Å². The molecule has 1 atom stereocenters. The minimum absolute atomic E-state index is 0.127. The highest BCUT2D eigenvalue weighted by molar-refractivity contribution is 5.99. The van der Waals surface area contributed by atoms with Crippen molar-refractivity contribution < 1.29 is 23.9 Å². The number of nitrogens with one attached hydrogen (secondary N) is 2. The molecule has 0 unspecified atom stereocenters. The van der Waals surface area contributed by atoms with E-state index < -0.39 is 17.8 Å². The maximum atomic E-state index is 14.4. The van der Waals surface area contributed by atoms with Crippen molar-refractivity contribution >= 4 is 29.3 Å². The third-order valence-electron chi connectivity index (χ3n) is 6.32. The SMILES string of the molecule is CC(C)c1ccc(NC(=O)N2CCC[C@@H]2C(=O)Nc2ccc(-c3ccc(C(=O)O)cc3F)cc2)cc1. The largest absolute Gasteiger partial charge is 0.478 e. The van der Waals surface area contributed by atoms with Gasteiger partial charge in [0.05, 0.1) is 5.56 Å². The van der Waals surface area contributed by atoms with Crippen LogP contribution in [-0.2, 0) is 4.79 Å². The van der Waals surface area contributed by atoms with E-state index in [1.54, 1.807) is 29.2 Å². The van der Waals surface area contributed by atoms with Gasteiger partial charge in [0, 0.05) is 23.5 Å². The summed E-state index contributed by atoms with van der Waals surface area (Å²) in [4.78, 5) is 38.4. The Morgan fingerprint density at radius 3 is 2.19 bits per heavy atom. The maximum absolute atomic E-state index is 14.4. The Bertz CT molecular complexity index is 1270. The number of rotatable bonds is 6. The van der Waals surface area contributed by atoms with Crippen LogP contribution in [0, 0.1) is 5.82 Å². The summed E-state index contributed by atoms with van der Waals surface area (Å²) in [6, 6.07) is 17.1. The van der Waals surface area contributed by atoms with Gasteiger partial charge in [-0.2, -0.15) is 0 Å². The monoisotopic (exact) mass is 489 g/mol. The smallest absolute Gasteiger partial charge is 0.335 e. The van der Waals surface area contributed by atoms with Crippen LogP contribution in [0.1, 0.15) is 48.5 Å². The van der Waals surface area contributed by atoms with Gasteiger partial charge in [0.25, 0.3) is 0 Å². The summed E-state index contributed by atoms with van der Waals surface area (Å²) in [5.74, 6) is -1.73. The molecule has 0 saturated carbocycles. The van der Waals surface area contributed by atoms with E-state index in [1.165, 1.54) is 17.7 Å². The van der Waals surface area contributed by atoms with Crippen LogP contribution < -0.4 is 10.6 Å². The third-order valence-corrected chi connectivity index (χ3v) is 6.32. The molecule has 36 heavy (non-hydrogen) atoms. The maximum Gasteiger partial charge on any atom is 0.335 e. The van der Waals surface area contributed by atoms with Crippen molar-refractivity contribution in [2.45, 2.75) is 38.6 Å². The summed E-state index contributed by atoms with van der Waals surface area (Å²) in [7, 11) is 0. The molecule has 7 nitrogen and oxygen atoms in total. The number of hydrogen-bond donors (Lipinski definition) is 3. The van der Waals surface area contributed by atoms with Crippen molar-refractivity contribution in [3.05, 3.63) is 83.7 Å². The van der Waals surface area contributed by atoms with Gasteiger partial charge < -0.3 is 20.6 Å². The summed E-state index contributed by atoms with van der Waals surface area (Å²) < 4.78 is 14.4. The Balaban J connectivity index is 1.39. The van der Waals surface area contributed by atoms with Gasteiger partial charge in [-0.05, 0) is 66.3 Å². The van der Waals surface area contributed by atoms with E-state index in [9.17, 15) is 18.8 Å². The lowest BCUT2D eigenvalue weighted by Gasteiger charge is -2.24. The Labute approximate surface area is 208 Å². The topological polar surface area (TPSA) is 98.7 Å². The van der Waals surface area contributed by atoms with Crippen molar-refractivity contribution in [1.29, 1.82) is 0 Å². The van der Waals surface area contributed by atoms with Crippen LogP contribution in [-0.4, -0.2) is 40.5 Å². The van der Waals surface area contributed by atoms with Gasteiger partial charge in [-0.3, -0.25) is 4.79 Å². The van der Waals surface area contributed by atoms with Gasteiger partial charge in [0.15, 0.2) is 0 Å². The molecular weight excluding hydrogens is 461 g/mol. The highest BCUT2D eigenvalue weighted by Crippen LogP contribution is 2.26. The Morgan fingerprint density at radius 1 is 0.944 bits per heavy atom. The molecule has 1 aliphatic heterocycles. The van der Waals surface area contributed by atoms with Gasteiger partial charge in [0.1, 0.15) is 11.9 Å². The number of aromatic carboxylic acids is 1. The van der Waals surface area contributed by atoms with Gasteiger partial charge in [-0.15, -0.1) is 0 Å². The average Bonchev–Trinajstić information content (AvgIpc) is 3.35. The number of benzene rings is 3. The molecule has 1 fully saturated rings. The van der Waals surface area contributed by atoms with Crippen LogP contribution in [0.15, 0.2) is 66.7 Å². The number of carboxylic acid groups (broad SMARTS) is 1. The molecule has 3 aromatic rings. The Morgan fingerprint density at radius 2 is 1.58 bits per heavy atom. The van der Waals surface area contributed by atoms with Crippen molar-refractivity contribution in [3.63, 3.8) is 0 Å². The summed E-state index contributed by atoms with van der Waals surface area (Å²) in [5, 5.41) is 14.7. The molecule has 0 spiro atoms. The lowest BCUT2D eigenvalue weighted by molar-refractivity contribution is -0.119. The van der Waals surface area contributed by atoms with E-state index in [4.69, 9.17) is 5.11 Å². The molecule has 8 heteroatoms. The van der Waals surface area contributed by atoms with E-state index in [0.29, 0.717) is 35.8 Å². The molecule has 3 aromatic carbocycles. The second kappa shape index (κ2) is 10.6. The predicted molar refractivity (Wildman–Crippen MR) is 137 cm³/mol. The zero-order valence-corrected chi connectivity index (χ0v) is 20.1. The number of likely N-dealkylation sites (tertiary alicyclic amines) is 1. The molecule has 1 aliphatic rings. The van der Waals surface area contributed by atoms with E-state index in [1.807, 2.05) is 24.3 Å². The molecule has 0 radical (unpaired) electrons. The van der Waals surface area contributed by atoms with Gasteiger partial charge in [0.2, 0.25) is 5.91 Å². The first-order chi connectivity index (χ1) is 17.2. The molecule has 3 N–H and O–H groups in total. The summed E-state index contributed by atoms with van der Waals surface area (Å²) in [6.07, 6.45) is 1.28. The van der Waals surface area contributed by atoms with E-state index in [2.05, 4.69) is 24.5 Å². The summed E-state index contributed by atoms with van der Waals surface area (Å²) in [6.45, 7) is 4.69. The average molecular weight is 490 g/mol. The van der Waals surface area contributed by atoms with Crippen LogP contribution in [0.2, 0.25) is 0 Å². The zero-order chi connectivity index (χ0) is 25.8. The number of carbonyl (C=O) groups excluding carboxylic acids is 2. The highest BCUT2D eigenvalue weighted by atomic mass is 19.1. The molecule has 186 valence electrons. The Hall–Kier alpha value is -4.20. The number of carbonyl (C=O) groups is 3. The fourth-order valence-corrected chi connectivity index (χ4v) is 4.27. The Kier molecular flexibility index (Phi) is 7.33. The van der Waals surface area contributed by atoms with Gasteiger partial charge >= 0.3 is 12.0 Å². The second-order valence-corrected chi connectivity index (χ2v) is 9.12. The summed E-state index contributed by atoms with van der Waals surface area (Å²) in [5.41, 5.74) is 3.05. The summed E-state index contributed by atoms with van der Waals surface area (Å²) >= 11 is 0. The van der Waals surface area contributed by atoms with Crippen LogP contribution in [0.25, 0.3) is 11.1 Å². The molecule has 4 rings (SSSR count). The number of anilines is 2. The van der Waals surface area contributed by atoms with Crippen LogP contribution in [0.4, 0.5) is 20.6 Å². The highest BCUT2D eigenvalue weighted by Gasteiger charge is 2.34. The fourth-order valence-electron chi connectivity index (χ4n) is 4.27. The molecule has 1 saturated heterocycles. The number of nitrogens with zero attached hydrogens (tertiary/aromatic N) is 1. The molecule has 1 heterocycles. The molecule has 0 aliphatic carbocycles. The van der Waals surface area contributed by atoms with Crippen molar-refractivity contribution in [2.24, 2.45) is 0 Å². The minimum Gasteiger partial charge on any atom is -0.478 e. The number of hydrogen-bond acceptors (Lipinski definition) is 3.